The molecule has 1 unspecified atom stereocenters. The Labute approximate surface area is 192 Å². The summed E-state index contributed by atoms with van der Waals surface area (Å²) >= 11 is 0. The number of nitrogens with one attached hydrogen (secondary N) is 2. The second kappa shape index (κ2) is 9.90. The Morgan fingerprint density at radius 2 is 1.67 bits per heavy atom. The van der Waals surface area contributed by atoms with Crippen LogP contribution in [0.2, 0.25) is 0 Å². The van der Waals surface area contributed by atoms with Crippen molar-refractivity contribution in [1.82, 2.24) is 10.6 Å². The Kier molecular flexibility index (Phi) is 6.77. The number of carbonyl (C=O) groups excluding carboxylic acids is 2. The van der Waals surface area contributed by atoms with Gasteiger partial charge in [-0.25, -0.2) is 9.59 Å². The predicted octanol–water partition coefficient (Wildman–Crippen LogP) is 3.84. The van der Waals surface area contributed by atoms with Crippen LogP contribution in [0.4, 0.5) is 4.79 Å². The average Bonchev–Trinajstić information content (AvgIpc) is 3.60. The lowest BCUT2D eigenvalue weighted by molar-refractivity contribution is -0.132. The molecule has 33 heavy (non-hydrogen) atoms. The molecule has 7 nitrogen and oxygen atoms in total. The maximum atomic E-state index is 12.6. The maximum Gasteiger partial charge on any atom is 0.407 e. The van der Waals surface area contributed by atoms with E-state index in [0.717, 1.165) is 24.0 Å². The van der Waals surface area contributed by atoms with Gasteiger partial charge in [0.1, 0.15) is 6.61 Å². The molecule has 2 aliphatic rings. The second-order valence-corrected chi connectivity index (χ2v) is 8.61. The van der Waals surface area contributed by atoms with Crippen molar-refractivity contribution in [3.05, 3.63) is 71.3 Å². The van der Waals surface area contributed by atoms with E-state index in [2.05, 4.69) is 34.9 Å². The highest BCUT2D eigenvalue weighted by Crippen LogP contribution is 2.44. The van der Waals surface area contributed by atoms with Crippen LogP contribution in [-0.2, 0) is 14.3 Å². The number of fused-ring (bicyclic) bond motifs is 3. The molecule has 0 aromatic heterocycles. The first kappa shape index (κ1) is 22.6. The average molecular weight is 449 g/mol. The predicted molar refractivity (Wildman–Crippen MR) is 124 cm³/mol. The van der Waals surface area contributed by atoms with Gasteiger partial charge in [-0.15, -0.1) is 0 Å². The lowest BCUT2D eigenvalue weighted by Crippen LogP contribution is -2.41. The summed E-state index contributed by atoms with van der Waals surface area (Å²) in [5.74, 6) is -1.01. The van der Waals surface area contributed by atoms with E-state index in [4.69, 9.17) is 9.84 Å². The summed E-state index contributed by atoms with van der Waals surface area (Å²) in [6, 6.07) is 16.0. The van der Waals surface area contributed by atoms with E-state index in [1.165, 1.54) is 24.1 Å². The fraction of sp³-hybridized carbons (Fsp3) is 0.346. The number of amides is 2. The number of carboxylic acids is 1. The number of aliphatic carboxylic acids is 1. The van der Waals surface area contributed by atoms with Crippen molar-refractivity contribution < 1.29 is 24.2 Å². The first-order valence-electron chi connectivity index (χ1n) is 11.2. The summed E-state index contributed by atoms with van der Waals surface area (Å²) in [5.41, 5.74) is 4.80. The quantitative estimate of drug-likeness (QED) is 0.506. The molecule has 1 saturated carbocycles. The Morgan fingerprint density at radius 3 is 2.24 bits per heavy atom. The zero-order valence-corrected chi connectivity index (χ0v) is 18.5. The third-order valence-electron chi connectivity index (χ3n) is 6.29. The molecule has 172 valence electrons. The van der Waals surface area contributed by atoms with Crippen LogP contribution in [0.5, 0.6) is 0 Å². The van der Waals surface area contributed by atoms with E-state index in [1.54, 1.807) is 0 Å². The van der Waals surface area contributed by atoms with Gasteiger partial charge in [0.25, 0.3) is 0 Å². The van der Waals surface area contributed by atoms with Gasteiger partial charge in [0.15, 0.2) is 0 Å². The molecule has 0 spiro atoms. The monoisotopic (exact) mass is 448 g/mol. The van der Waals surface area contributed by atoms with Crippen molar-refractivity contribution in [2.75, 3.05) is 13.2 Å². The van der Waals surface area contributed by atoms with E-state index in [0.29, 0.717) is 0 Å². The minimum atomic E-state index is -1.02. The highest BCUT2D eigenvalue weighted by Gasteiger charge is 2.35. The zero-order chi connectivity index (χ0) is 23.4. The fourth-order valence-electron chi connectivity index (χ4n) is 4.30. The molecule has 0 heterocycles. The smallest absolute Gasteiger partial charge is 0.407 e. The lowest BCUT2D eigenvalue weighted by atomic mass is 9.98. The summed E-state index contributed by atoms with van der Waals surface area (Å²) in [6.45, 7) is 1.84. The van der Waals surface area contributed by atoms with Crippen LogP contribution in [-0.4, -0.2) is 42.3 Å². The van der Waals surface area contributed by atoms with Crippen molar-refractivity contribution in [2.24, 2.45) is 5.92 Å². The topological polar surface area (TPSA) is 105 Å². The van der Waals surface area contributed by atoms with Crippen LogP contribution in [0.1, 0.15) is 43.2 Å². The number of rotatable bonds is 9. The van der Waals surface area contributed by atoms with Gasteiger partial charge in [0, 0.05) is 30.5 Å². The van der Waals surface area contributed by atoms with Crippen LogP contribution in [0.15, 0.2) is 60.2 Å². The highest BCUT2D eigenvalue weighted by atomic mass is 16.5. The minimum Gasteiger partial charge on any atom is -0.478 e. The number of hydrogen-bond acceptors (Lipinski definition) is 4. The molecule has 0 bridgehead atoms. The Balaban J connectivity index is 1.32. The van der Waals surface area contributed by atoms with Gasteiger partial charge in [0.05, 0.1) is 0 Å². The third kappa shape index (κ3) is 5.42. The van der Waals surface area contributed by atoms with Gasteiger partial charge in [-0.2, -0.15) is 0 Å². The molecular weight excluding hydrogens is 420 g/mol. The summed E-state index contributed by atoms with van der Waals surface area (Å²) in [6.07, 6.45) is 2.97. The molecule has 2 amide bonds. The van der Waals surface area contributed by atoms with Crippen LogP contribution in [0.3, 0.4) is 0 Å². The number of hydrogen-bond donors (Lipinski definition) is 3. The maximum absolute atomic E-state index is 12.6. The molecule has 0 radical (unpaired) electrons. The molecule has 2 aliphatic carbocycles. The molecule has 2 aromatic carbocycles. The summed E-state index contributed by atoms with van der Waals surface area (Å²) in [7, 11) is 0. The highest BCUT2D eigenvalue weighted by molar-refractivity contribution is 5.86. The number of alkyl carbamates (subject to hydrolysis) is 1. The second-order valence-electron chi connectivity index (χ2n) is 8.61. The van der Waals surface area contributed by atoms with Crippen molar-refractivity contribution in [3.8, 4) is 11.1 Å². The molecule has 0 aliphatic heterocycles. The number of benzene rings is 2. The van der Waals surface area contributed by atoms with Crippen molar-refractivity contribution >= 4 is 18.0 Å². The summed E-state index contributed by atoms with van der Waals surface area (Å²) < 4.78 is 5.61. The van der Waals surface area contributed by atoms with Gasteiger partial charge in [-0.05, 0) is 47.9 Å². The number of ether oxygens (including phenoxy) is 1. The Hall–Kier alpha value is -3.61. The van der Waals surface area contributed by atoms with Gasteiger partial charge in [-0.3, -0.25) is 4.79 Å². The summed E-state index contributed by atoms with van der Waals surface area (Å²) in [4.78, 5) is 35.7. The third-order valence-corrected chi connectivity index (χ3v) is 6.29. The SMILES string of the molecule is C/C(=C\CNC(=O)CC(NC(=O)OCC1c2ccccc2-c2ccccc21)C1CC1)C(=O)O. The minimum absolute atomic E-state index is 0.0184. The molecule has 0 saturated heterocycles. The molecule has 4 rings (SSSR count). The molecular formula is C26H28N2O5. The van der Waals surface area contributed by atoms with Gasteiger partial charge in [-0.1, -0.05) is 54.6 Å². The molecule has 1 fully saturated rings. The Bertz CT molecular complexity index is 1040. The van der Waals surface area contributed by atoms with Gasteiger partial charge < -0.3 is 20.5 Å². The molecule has 7 heteroatoms. The number of carbonyl (C=O) groups is 3. The van der Waals surface area contributed by atoms with Crippen molar-refractivity contribution in [3.63, 3.8) is 0 Å². The van der Waals surface area contributed by atoms with E-state index >= 15 is 0 Å². The fourth-order valence-corrected chi connectivity index (χ4v) is 4.30. The first-order valence-corrected chi connectivity index (χ1v) is 11.2. The van der Waals surface area contributed by atoms with E-state index in [9.17, 15) is 14.4 Å². The van der Waals surface area contributed by atoms with Crippen molar-refractivity contribution in [1.29, 1.82) is 0 Å². The van der Waals surface area contributed by atoms with Crippen molar-refractivity contribution in [2.45, 2.75) is 38.1 Å². The van der Waals surface area contributed by atoms with Gasteiger partial charge in [0.2, 0.25) is 5.91 Å². The molecule has 3 N–H and O–H groups in total. The van der Waals surface area contributed by atoms with Crippen LogP contribution in [0.25, 0.3) is 11.1 Å². The molecule has 1 atom stereocenters. The standard InChI is InChI=1S/C26H28N2O5/c1-16(25(30)31)12-13-27-24(29)14-23(17-10-11-17)28-26(32)33-15-22-20-8-4-2-6-18(20)19-7-3-5-9-21(19)22/h2-9,12,17,22-23H,10-11,13-15H2,1H3,(H,27,29)(H,28,32)(H,30,31)/b16-12+. The Morgan fingerprint density at radius 1 is 1.06 bits per heavy atom. The zero-order valence-electron chi connectivity index (χ0n) is 18.5. The number of carboxylic acid groups (broad SMARTS) is 1. The van der Waals surface area contributed by atoms with E-state index in [1.807, 2.05) is 24.3 Å². The first-order chi connectivity index (χ1) is 15.9. The lowest BCUT2D eigenvalue weighted by Gasteiger charge is -2.19. The van der Waals surface area contributed by atoms with Gasteiger partial charge >= 0.3 is 12.1 Å². The summed E-state index contributed by atoms with van der Waals surface area (Å²) in [5, 5.41) is 14.4. The van der Waals surface area contributed by atoms with Crippen LogP contribution in [0, 0.1) is 5.92 Å². The normalized spacial score (nSPS) is 15.8. The largest absolute Gasteiger partial charge is 0.478 e. The van der Waals surface area contributed by atoms with E-state index < -0.39 is 12.1 Å². The van der Waals surface area contributed by atoms with Crippen LogP contribution >= 0.6 is 0 Å². The molecule has 2 aromatic rings. The van der Waals surface area contributed by atoms with E-state index in [-0.39, 0.29) is 48.9 Å². The van der Waals surface area contributed by atoms with Crippen LogP contribution < -0.4 is 10.6 Å².